The fraction of sp³-hybridized carbons (Fsp3) is 1.00. The van der Waals surface area contributed by atoms with E-state index in [0.29, 0.717) is 6.54 Å². The second-order valence-electron chi connectivity index (χ2n) is 2.59. The number of hydrogen-bond donors (Lipinski definition) is 2. The quantitative estimate of drug-likeness (QED) is 0.366. The zero-order valence-electron chi connectivity index (χ0n) is 7.10. The van der Waals surface area contributed by atoms with Crippen LogP contribution in [-0.4, -0.2) is 71.6 Å². The van der Waals surface area contributed by atoms with E-state index in [-0.39, 0.29) is 48.3 Å². The number of hydroxylamine groups is 2. The summed E-state index contributed by atoms with van der Waals surface area (Å²) in [4.78, 5) is 0. The van der Waals surface area contributed by atoms with Crippen molar-refractivity contribution in [3.05, 3.63) is 0 Å². The third-order valence-electron chi connectivity index (χ3n) is 1.30. The summed E-state index contributed by atoms with van der Waals surface area (Å²) in [5, 5.41) is 10.0. The van der Waals surface area contributed by atoms with Gasteiger partial charge >= 0.3 is 29.6 Å². The summed E-state index contributed by atoms with van der Waals surface area (Å²) >= 11 is 0. The van der Waals surface area contributed by atoms with Gasteiger partial charge in [-0.3, -0.25) is 4.55 Å². The summed E-state index contributed by atoms with van der Waals surface area (Å²) < 4.78 is 28.8. The summed E-state index contributed by atoms with van der Waals surface area (Å²) in [5.41, 5.74) is 0. The zero-order chi connectivity index (χ0) is 9.61. The average molecular weight is 221 g/mol. The van der Waals surface area contributed by atoms with E-state index >= 15 is 0 Å². The monoisotopic (exact) mass is 221 g/mol. The van der Waals surface area contributed by atoms with Crippen LogP contribution in [0.2, 0.25) is 0 Å². The first kappa shape index (κ1) is 16.3. The van der Waals surface area contributed by atoms with Gasteiger partial charge in [0, 0.05) is 13.1 Å². The summed E-state index contributed by atoms with van der Waals surface area (Å²) in [5.74, 6) is -0.298. The Kier molecular flexibility index (Phi) is 10.2. The molecule has 0 radical (unpaired) electrons. The van der Waals surface area contributed by atoms with Crippen molar-refractivity contribution < 1.29 is 18.2 Å². The minimum atomic E-state index is -3.87. The number of nitrogens with zero attached hydrogens (tertiary/aromatic N) is 1. The minimum absolute atomic E-state index is 0. The van der Waals surface area contributed by atoms with Gasteiger partial charge in [-0.15, -0.1) is 0 Å². The van der Waals surface area contributed by atoms with Crippen LogP contribution in [0.3, 0.4) is 0 Å². The van der Waals surface area contributed by atoms with Crippen LogP contribution in [0.15, 0.2) is 0 Å². The van der Waals surface area contributed by atoms with Gasteiger partial charge in [-0.05, 0) is 12.8 Å². The molecule has 0 atom stereocenters. The van der Waals surface area contributed by atoms with Crippen molar-refractivity contribution in [2.45, 2.75) is 19.8 Å². The van der Waals surface area contributed by atoms with Crippen LogP contribution < -0.4 is 0 Å². The molecule has 0 bridgehead atoms. The van der Waals surface area contributed by atoms with E-state index in [1.807, 2.05) is 6.92 Å². The molecule has 2 N–H and O–H groups in total. The Balaban J connectivity index is 0. The van der Waals surface area contributed by atoms with Crippen molar-refractivity contribution in [1.29, 1.82) is 0 Å². The average Bonchev–Trinajstić information content (AvgIpc) is 1.84. The van der Waals surface area contributed by atoms with Gasteiger partial charge in [-0.2, -0.15) is 13.5 Å². The molecule has 0 aromatic carbocycles. The molecule has 0 saturated heterocycles. The van der Waals surface area contributed by atoms with Gasteiger partial charge in [0.2, 0.25) is 0 Å². The van der Waals surface area contributed by atoms with E-state index in [2.05, 4.69) is 0 Å². The molecule has 0 rings (SSSR count). The predicted octanol–water partition coefficient (Wildman–Crippen LogP) is -0.283. The van der Waals surface area contributed by atoms with Gasteiger partial charge in [-0.25, -0.2) is 0 Å². The Bertz CT molecular complexity index is 207. The molecule has 13 heavy (non-hydrogen) atoms. The Morgan fingerprint density at radius 2 is 1.85 bits per heavy atom. The van der Waals surface area contributed by atoms with Crippen molar-refractivity contribution in [2.24, 2.45) is 0 Å². The zero-order valence-corrected chi connectivity index (χ0v) is 7.92. The van der Waals surface area contributed by atoms with Crippen molar-refractivity contribution in [3.63, 3.8) is 0 Å². The fourth-order valence-corrected chi connectivity index (χ4v) is 1.29. The van der Waals surface area contributed by atoms with E-state index in [0.717, 1.165) is 11.5 Å². The Morgan fingerprint density at radius 3 is 2.23 bits per heavy atom. The van der Waals surface area contributed by atoms with Crippen LogP contribution in [0.5, 0.6) is 0 Å². The molecule has 0 saturated carbocycles. The molecule has 0 aliphatic heterocycles. The molecule has 7 heteroatoms. The van der Waals surface area contributed by atoms with E-state index in [1.54, 1.807) is 0 Å². The third kappa shape index (κ3) is 12.8. The molecule has 0 spiro atoms. The normalized spacial score (nSPS) is 11.4. The molecule has 0 aliphatic rings. The van der Waals surface area contributed by atoms with Crippen LogP contribution in [0.1, 0.15) is 19.8 Å². The Hall–Kier alpha value is 0.830. The van der Waals surface area contributed by atoms with E-state index in [1.165, 1.54) is 0 Å². The van der Waals surface area contributed by atoms with Crippen molar-refractivity contribution in [1.82, 2.24) is 5.06 Å². The second kappa shape index (κ2) is 8.16. The Labute approximate surface area is 101 Å². The van der Waals surface area contributed by atoms with Gasteiger partial charge in [0.1, 0.15) is 0 Å². The van der Waals surface area contributed by atoms with E-state index < -0.39 is 10.1 Å². The van der Waals surface area contributed by atoms with Crippen LogP contribution in [0.25, 0.3) is 0 Å². The molecule has 0 aliphatic carbocycles. The van der Waals surface area contributed by atoms with E-state index in [4.69, 9.17) is 9.76 Å². The molecule has 0 fully saturated rings. The van der Waals surface area contributed by atoms with Crippen LogP contribution in [0, 0.1) is 0 Å². The molecule has 0 amide bonds. The maximum atomic E-state index is 10.2. The second-order valence-corrected chi connectivity index (χ2v) is 4.17. The molecule has 0 heterocycles. The van der Waals surface area contributed by atoms with Gasteiger partial charge in [-0.1, -0.05) is 6.92 Å². The molecular weight excluding hydrogens is 205 g/mol. The molecular formula is C6H16NNaO4S. The van der Waals surface area contributed by atoms with Crippen molar-refractivity contribution in [3.8, 4) is 0 Å². The molecule has 0 aromatic rings. The summed E-state index contributed by atoms with van der Waals surface area (Å²) in [6.07, 6.45) is 1.05. The first-order valence-electron chi connectivity index (χ1n) is 3.84. The number of hydrogen-bond acceptors (Lipinski definition) is 4. The fourth-order valence-electron chi connectivity index (χ4n) is 0.799. The van der Waals surface area contributed by atoms with Crippen molar-refractivity contribution in [2.75, 3.05) is 18.8 Å². The first-order chi connectivity index (χ1) is 5.45. The SMILES string of the molecule is CCCN(O)CCCS(=O)(=O)O.[NaH]. The summed E-state index contributed by atoms with van der Waals surface area (Å²) in [6.45, 7) is 2.70. The Morgan fingerprint density at radius 1 is 1.31 bits per heavy atom. The van der Waals surface area contributed by atoms with Crippen LogP contribution in [0.4, 0.5) is 0 Å². The summed E-state index contributed by atoms with van der Waals surface area (Å²) in [6, 6.07) is 0. The third-order valence-corrected chi connectivity index (χ3v) is 2.10. The van der Waals surface area contributed by atoms with Gasteiger partial charge < -0.3 is 5.21 Å². The molecule has 0 aromatic heterocycles. The molecule has 5 nitrogen and oxygen atoms in total. The van der Waals surface area contributed by atoms with Gasteiger partial charge in [0.05, 0.1) is 5.75 Å². The van der Waals surface area contributed by atoms with Crippen LogP contribution in [-0.2, 0) is 10.1 Å². The topological polar surface area (TPSA) is 77.8 Å². The van der Waals surface area contributed by atoms with Gasteiger partial charge in [0.25, 0.3) is 10.1 Å². The van der Waals surface area contributed by atoms with E-state index in [9.17, 15) is 8.42 Å². The van der Waals surface area contributed by atoms with Crippen molar-refractivity contribution >= 4 is 39.7 Å². The standard InChI is InChI=1S/C6H15NO4S.Na.H/c1-2-4-7(8)5-3-6-12(9,10)11;;/h8H,2-6H2,1H3,(H,9,10,11);;. The molecule has 76 valence electrons. The first-order valence-corrected chi connectivity index (χ1v) is 5.45. The molecule has 0 unspecified atom stereocenters. The van der Waals surface area contributed by atoms with Gasteiger partial charge in [0.15, 0.2) is 0 Å². The summed E-state index contributed by atoms with van der Waals surface area (Å²) in [7, 11) is -3.87. The maximum absolute atomic E-state index is 10.2. The number of rotatable bonds is 6. The predicted molar refractivity (Wildman–Crippen MR) is 51.8 cm³/mol. The van der Waals surface area contributed by atoms with Crippen LogP contribution >= 0.6 is 0 Å².